The van der Waals surface area contributed by atoms with Crippen LogP contribution in [-0.2, 0) is 21.3 Å². The van der Waals surface area contributed by atoms with E-state index in [-0.39, 0.29) is 11.5 Å². The van der Waals surface area contributed by atoms with Gasteiger partial charge in [0.1, 0.15) is 0 Å². The Hall–Kier alpha value is -2.12. The molecule has 0 aliphatic carbocycles. The van der Waals surface area contributed by atoms with Crippen molar-refractivity contribution in [1.82, 2.24) is 0 Å². The molecular weight excluding hydrogens is 270 g/mol. The number of benzene rings is 2. The maximum Gasteiger partial charge on any atom is 0.158 e. The summed E-state index contributed by atoms with van der Waals surface area (Å²) in [6, 6.07) is 16.2. The lowest BCUT2D eigenvalue weighted by molar-refractivity contribution is 0.594. The summed E-state index contributed by atoms with van der Waals surface area (Å²) in [4.78, 5) is 0. The molecule has 0 aliphatic heterocycles. The molecule has 0 aliphatic rings. The SMILES string of the molecule is Cc1ccccc1CS(=O)(=O)Cc1cccc(C#N)c1. The number of hydrogen-bond donors (Lipinski definition) is 0. The summed E-state index contributed by atoms with van der Waals surface area (Å²) >= 11 is 0. The largest absolute Gasteiger partial charge is 0.228 e. The van der Waals surface area contributed by atoms with Crippen LogP contribution in [-0.4, -0.2) is 8.42 Å². The topological polar surface area (TPSA) is 57.9 Å². The fraction of sp³-hybridized carbons (Fsp3) is 0.188. The molecule has 0 heterocycles. The minimum absolute atomic E-state index is 0.0243. The second-order valence-corrected chi connectivity index (χ2v) is 6.84. The van der Waals surface area contributed by atoms with E-state index in [2.05, 4.69) is 0 Å². The molecule has 4 heteroatoms. The molecule has 2 aromatic rings. The van der Waals surface area contributed by atoms with E-state index < -0.39 is 9.84 Å². The Kier molecular flexibility index (Phi) is 4.21. The molecule has 2 aromatic carbocycles. The molecule has 3 nitrogen and oxygen atoms in total. The van der Waals surface area contributed by atoms with Gasteiger partial charge in [-0.05, 0) is 35.7 Å². The quantitative estimate of drug-likeness (QED) is 0.867. The van der Waals surface area contributed by atoms with Crippen LogP contribution in [0.15, 0.2) is 48.5 Å². The van der Waals surface area contributed by atoms with Gasteiger partial charge in [0, 0.05) is 0 Å². The highest BCUT2D eigenvalue weighted by Crippen LogP contribution is 2.16. The van der Waals surface area contributed by atoms with Crippen LogP contribution < -0.4 is 0 Å². The summed E-state index contributed by atoms with van der Waals surface area (Å²) < 4.78 is 24.5. The van der Waals surface area contributed by atoms with Crippen molar-refractivity contribution < 1.29 is 8.42 Å². The lowest BCUT2D eigenvalue weighted by Gasteiger charge is -2.07. The number of nitriles is 1. The summed E-state index contributed by atoms with van der Waals surface area (Å²) in [5.41, 5.74) is 2.93. The van der Waals surface area contributed by atoms with Crippen molar-refractivity contribution in [2.45, 2.75) is 18.4 Å². The monoisotopic (exact) mass is 285 g/mol. The van der Waals surface area contributed by atoms with Gasteiger partial charge in [-0.1, -0.05) is 36.4 Å². The number of hydrogen-bond acceptors (Lipinski definition) is 3. The molecule has 0 bridgehead atoms. The summed E-state index contributed by atoms with van der Waals surface area (Å²) in [7, 11) is -3.24. The predicted molar refractivity (Wildman–Crippen MR) is 78.7 cm³/mol. The summed E-state index contributed by atoms with van der Waals surface area (Å²) in [5.74, 6) is -0.0205. The van der Waals surface area contributed by atoms with Gasteiger partial charge in [-0.25, -0.2) is 8.42 Å². The first-order valence-corrected chi connectivity index (χ1v) is 8.06. The Morgan fingerprint density at radius 3 is 2.50 bits per heavy atom. The standard InChI is InChI=1S/C16H15NO2S/c1-13-5-2-3-8-16(13)12-20(18,19)11-15-7-4-6-14(9-15)10-17/h2-9H,11-12H2,1H3. The molecule has 0 saturated carbocycles. The van der Waals surface area contributed by atoms with Crippen molar-refractivity contribution in [3.05, 3.63) is 70.8 Å². The van der Waals surface area contributed by atoms with Gasteiger partial charge < -0.3 is 0 Å². The van der Waals surface area contributed by atoms with Crippen molar-refractivity contribution in [2.24, 2.45) is 0 Å². The van der Waals surface area contributed by atoms with Crippen LogP contribution in [0, 0.1) is 18.3 Å². The van der Waals surface area contributed by atoms with Crippen LogP contribution in [0.3, 0.4) is 0 Å². The molecule has 0 unspecified atom stereocenters. The third kappa shape index (κ3) is 3.69. The van der Waals surface area contributed by atoms with Gasteiger partial charge >= 0.3 is 0 Å². The van der Waals surface area contributed by atoms with Crippen molar-refractivity contribution in [2.75, 3.05) is 0 Å². The van der Waals surface area contributed by atoms with E-state index in [1.807, 2.05) is 37.3 Å². The maximum absolute atomic E-state index is 12.2. The van der Waals surface area contributed by atoms with Crippen molar-refractivity contribution in [3.63, 3.8) is 0 Å². The zero-order chi connectivity index (χ0) is 14.6. The van der Waals surface area contributed by atoms with Gasteiger partial charge in [-0.3, -0.25) is 0 Å². The fourth-order valence-electron chi connectivity index (χ4n) is 2.04. The van der Waals surface area contributed by atoms with Crippen LogP contribution >= 0.6 is 0 Å². The molecule has 0 N–H and O–H groups in total. The maximum atomic E-state index is 12.2. The van der Waals surface area contributed by atoms with Gasteiger partial charge in [0.05, 0.1) is 23.1 Å². The molecular formula is C16H15NO2S. The molecule has 0 spiro atoms. The average molecular weight is 285 g/mol. The highest BCUT2D eigenvalue weighted by molar-refractivity contribution is 7.89. The van der Waals surface area contributed by atoms with Crippen molar-refractivity contribution >= 4 is 9.84 Å². The second kappa shape index (κ2) is 5.89. The van der Waals surface area contributed by atoms with E-state index in [1.165, 1.54) is 0 Å². The molecule has 0 amide bonds. The molecule has 0 aromatic heterocycles. The molecule has 0 radical (unpaired) electrons. The van der Waals surface area contributed by atoms with Gasteiger partial charge in [0.15, 0.2) is 9.84 Å². The lowest BCUT2D eigenvalue weighted by Crippen LogP contribution is -2.08. The second-order valence-electron chi connectivity index (χ2n) is 4.77. The minimum atomic E-state index is -3.24. The van der Waals surface area contributed by atoms with Crippen molar-refractivity contribution in [1.29, 1.82) is 5.26 Å². The third-order valence-corrected chi connectivity index (χ3v) is 4.60. The van der Waals surface area contributed by atoms with E-state index in [9.17, 15) is 8.42 Å². The Morgan fingerprint density at radius 1 is 1.05 bits per heavy atom. The zero-order valence-corrected chi connectivity index (χ0v) is 12.0. The molecule has 0 saturated heterocycles. The first kappa shape index (κ1) is 14.3. The Morgan fingerprint density at radius 2 is 1.80 bits per heavy atom. The first-order chi connectivity index (χ1) is 9.50. The van der Waals surface area contributed by atoms with Gasteiger partial charge in [-0.2, -0.15) is 5.26 Å². The Bertz CT molecular complexity index is 758. The Balaban J connectivity index is 2.20. The first-order valence-electron chi connectivity index (χ1n) is 6.24. The van der Waals surface area contributed by atoms with Gasteiger partial charge in [0.25, 0.3) is 0 Å². The number of aryl methyl sites for hydroxylation is 1. The molecule has 20 heavy (non-hydrogen) atoms. The summed E-state index contributed by atoms with van der Waals surface area (Å²) in [5, 5.41) is 8.83. The van der Waals surface area contributed by atoms with Crippen LogP contribution in [0.1, 0.15) is 22.3 Å². The molecule has 0 atom stereocenters. The highest BCUT2D eigenvalue weighted by Gasteiger charge is 2.14. The minimum Gasteiger partial charge on any atom is -0.228 e. The third-order valence-electron chi connectivity index (χ3n) is 3.08. The van der Waals surface area contributed by atoms with Crippen LogP contribution in [0.25, 0.3) is 0 Å². The van der Waals surface area contributed by atoms with Crippen LogP contribution in [0.5, 0.6) is 0 Å². The van der Waals surface area contributed by atoms with E-state index >= 15 is 0 Å². The van der Waals surface area contributed by atoms with Gasteiger partial charge in [-0.15, -0.1) is 0 Å². The highest BCUT2D eigenvalue weighted by atomic mass is 32.2. The number of sulfone groups is 1. The van der Waals surface area contributed by atoms with E-state index in [0.717, 1.165) is 11.1 Å². The molecule has 2 rings (SSSR count). The van der Waals surface area contributed by atoms with Gasteiger partial charge in [0.2, 0.25) is 0 Å². The smallest absolute Gasteiger partial charge is 0.158 e. The number of rotatable bonds is 4. The number of nitrogens with zero attached hydrogens (tertiary/aromatic N) is 1. The average Bonchev–Trinajstić information content (AvgIpc) is 2.41. The Labute approximate surface area is 119 Å². The predicted octanol–water partition coefficient (Wildman–Crippen LogP) is 2.98. The molecule has 0 fully saturated rings. The van der Waals surface area contributed by atoms with E-state index in [1.54, 1.807) is 24.3 Å². The van der Waals surface area contributed by atoms with E-state index in [4.69, 9.17) is 5.26 Å². The van der Waals surface area contributed by atoms with Crippen molar-refractivity contribution in [3.8, 4) is 6.07 Å². The summed E-state index contributed by atoms with van der Waals surface area (Å²) in [6.07, 6.45) is 0. The van der Waals surface area contributed by atoms with Crippen LogP contribution in [0.2, 0.25) is 0 Å². The molecule has 102 valence electrons. The lowest BCUT2D eigenvalue weighted by atomic mass is 10.1. The summed E-state index contributed by atoms with van der Waals surface area (Å²) in [6.45, 7) is 1.90. The van der Waals surface area contributed by atoms with Crippen LogP contribution in [0.4, 0.5) is 0 Å². The van der Waals surface area contributed by atoms with E-state index in [0.29, 0.717) is 11.1 Å². The normalized spacial score (nSPS) is 11.0. The fourth-order valence-corrected chi connectivity index (χ4v) is 3.63. The zero-order valence-electron chi connectivity index (χ0n) is 11.2.